The first-order valence-electron chi connectivity index (χ1n) is 11.0. The lowest BCUT2D eigenvalue weighted by molar-refractivity contribution is 0.279. The summed E-state index contributed by atoms with van der Waals surface area (Å²) in [6.45, 7) is 8.21. The molecule has 2 heterocycles. The van der Waals surface area contributed by atoms with E-state index in [2.05, 4.69) is 39.5 Å². The second-order valence-electron chi connectivity index (χ2n) is 8.28. The molecule has 3 N–H and O–H groups in total. The van der Waals surface area contributed by atoms with Crippen LogP contribution in [0.2, 0.25) is 0 Å². The third-order valence-corrected chi connectivity index (χ3v) is 6.51. The van der Waals surface area contributed by atoms with Crippen molar-refractivity contribution < 1.29 is 0 Å². The third kappa shape index (κ3) is 4.84. The highest BCUT2D eigenvalue weighted by Gasteiger charge is 2.29. The summed E-state index contributed by atoms with van der Waals surface area (Å²) in [5.41, 5.74) is 7.98. The van der Waals surface area contributed by atoms with Gasteiger partial charge in [0.05, 0.1) is 12.4 Å². The van der Waals surface area contributed by atoms with E-state index in [-0.39, 0.29) is 6.04 Å². The van der Waals surface area contributed by atoms with Crippen molar-refractivity contribution in [1.82, 2.24) is 19.8 Å². The minimum absolute atomic E-state index is 0.0117. The first kappa shape index (κ1) is 21.1. The van der Waals surface area contributed by atoms with Crippen molar-refractivity contribution in [3.8, 4) is 0 Å². The summed E-state index contributed by atoms with van der Waals surface area (Å²) in [6.07, 6.45) is 15.4. The standard InChI is InChI=1S/C22H38N6/c1-4-27(16-24-3)19-11-9-17(10-12-19)21-15-26-22(28(21)5-2)20(23)14-18-8-6-7-13-25-18/h4,15-20,25H,1,5-14,23H2,2-3H3/t17?,18?,19?,20-/m0/s1. The largest absolute Gasteiger partial charge is 0.337 e. The average Bonchev–Trinajstić information content (AvgIpc) is 3.17. The van der Waals surface area contributed by atoms with Gasteiger partial charge in [-0.15, -0.1) is 0 Å². The lowest BCUT2D eigenvalue weighted by Crippen LogP contribution is -2.37. The number of imidazole rings is 1. The molecule has 2 fully saturated rings. The zero-order valence-corrected chi connectivity index (χ0v) is 17.7. The summed E-state index contributed by atoms with van der Waals surface area (Å²) in [4.78, 5) is 11.1. The second-order valence-corrected chi connectivity index (χ2v) is 8.28. The molecule has 6 nitrogen and oxygen atoms in total. The summed E-state index contributed by atoms with van der Waals surface area (Å²) in [5.74, 6) is 1.64. The number of rotatable bonds is 8. The predicted octanol–water partition coefficient (Wildman–Crippen LogP) is 3.56. The van der Waals surface area contributed by atoms with E-state index in [4.69, 9.17) is 10.7 Å². The number of nitrogens with two attached hydrogens (primary N) is 1. The summed E-state index contributed by atoms with van der Waals surface area (Å²) < 4.78 is 2.39. The van der Waals surface area contributed by atoms with Crippen molar-refractivity contribution in [3.63, 3.8) is 0 Å². The smallest absolute Gasteiger partial charge is 0.125 e. The number of aromatic nitrogens is 2. The van der Waals surface area contributed by atoms with Gasteiger partial charge in [-0.3, -0.25) is 4.99 Å². The number of hydrogen-bond donors (Lipinski definition) is 2. The molecule has 6 heteroatoms. The minimum atomic E-state index is 0.0117. The highest BCUT2D eigenvalue weighted by Crippen LogP contribution is 2.36. The molecule has 1 saturated carbocycles. The van der Waals surface area contributed by atoms with E-state index in [0.29, 0.717) is 18.0 Å². The van der Waals surface area contributed by atoms with Crippen LogP contribution in [0, 0.1) is 0 Å². The van der Waals surface area contributed by atoms with E-state index in [1.807, 2.05) is 19.6 Å². The zero-order valence-electron chi connectivity index (χ0n) is 17.7. The van der Waals surface area contributed by atoms with Gasteiger partial charge in [0.15, 0.2) is 0 Å². The maximum Gasteiger partial charge on any atom is 0.125 e. The minimum Gasteiger partial charge on any atom is -0.337 e. The van der Waals surface area contributed by atoms with Gasteiger partial charge < -0.3 is 20.5 Å². The molecular formula is C22H38N6. The normalized spacial score (nSPS) is 27.0. The zero-order chi connectivity index (χ0) is 19.9. The molecule has 1 aromatic rings. The molecule has 2 atom stereocenters. The number of nitrogens with zero attached hydrogens (tertiary/aromatic N) is 4. The van der Waals surface area contributed by atoms with Gasteiger partial charge >= 0.3 is 0 Å². The van der Waals surface area contributed by atoms with Crippen molar-refractivity contribution >= 4 is 6.34 Å². The number of hydrogen-bond acceptors (Lipinski definition) is 4. The van der Waals surface area contributed by atoms with Crippen LogP contribution in [0.1, 0.15) is 81.8 Å². The quantitative estimate of drug-likeness (QED) is 0.529. The van der Waals surface area contributed by atoms with E-state index in [1.54, 1.807) is 0 Å². The van der Waals surface area contributed by atoms with Crippen molar-refractivity contribution in [2.75, 3.05) is 13.6 Å². The van der Waals surface area contributed by atoms with Crippen LogP contribution in [0.15, 0.2) is 24.0 Å². The van der Waals surface area contributed by atoms with Crippen LogP contribution >= 0.6 is 0 Å². The summed E-state index contributed by atoms with van der Waals surface area (Å²) in [5, 5.41) is 3.62. The molecule has 0 aromatic carbocycles. The Balaban J connectivity index is 1.64. The number of piperidine rings is 1. The molecule has 0 spiro atoms. The molecule has 28 heavy (non-hydrogen) atoms. The molecule has 1 saturated heterocycles. The molecule has 0 radical (unpaired) electrons. The van der Waals surface area contributed by atoms with Gasteiger partial charge in [-0.25, -0.2) is 4.98 Å². The molecule has 2 aliphatic rings. The topological polar surface area (TPSA) is 71.5 Å². The van der Waals surface area contributed by atoms with Gasteiger partial charge in [0, 0.05) is 43.5 Å². The molecule has 1 aliphatic heterocycles. The molecule has 1 aliphatic carbocycles. The predicted molar refractivity (Wildman–Crippen MR) is 117 cm³/mol. The van der Waals surface area contributed by atoms with Gasteiger partial charge in [-0.1, -0.05) is 13.0 Å². The number of aliphatic imine (C=N–C) groups is 1. The maximum absolute atomic E-state index is 6.60. The molecule has 0 bridgehead atoms. The van der Waals surface area contributed by atoms with Gasteiger partial charge in [-0.05, 0) is 64.6 Å². The summed E-state index contributed by atoms with van der Waals surface area (Å²) in [7, 11) is 1.82. The van der Waals surface area contributed by atoms with Gasteiger partial charge in [-0.2, -0.15) is 0 Å². The van der Waals surface area contributed by atoms with E-state index in [1.165, 1.54) is 37.8 Å². The Kier molecular flexibility index (Phi) is 7.68. The van der Waals surface area contributed by atoms with Crippen LogP contribution in [-0.4, -0.2) is 46.5 Å². The average molecular weight is 387 g/mol. The van der Waals surface area contributed by atoms with Crippen LogP contribution in [0.25, 0.3) is 0 Å². The van der Waals surface area contributed by atoms with Crippen LogP contribution in [-0.2, 0) is 6.54 Å². The maximum atomic E-state index is 6.60. The van der Waals surface area contributed by atoms with Crippen LogP contribution < -0.4 is 11.1 Å². The first-order valence-corrected chi connectivity index (χ1v) is 11.0. The Labute approximate surface area is 170 Å². The Morgan fingerprint density at radius 2 is 2.14 bits per heavy atom. The molecule has 1 unspecified atom stereocenters. The molecule has 156 valence electrons. The SMILES string of the molecule is C=CN(C=NC)C1CCC(c2cnc([C@@H](N)CC3CCCCN3)n2CC)CC1. The summed E-state index contributed by atoms with van der Waals surface area (Å²) >= 11 is 0. The molecular weight excluding hydrogens is 348 g/mol. The monoisotopic (exact) mass is 386 g/mol. The Bertz CT molecular complexity index is 637. The Morgan fingerprint density at radius 1 is 1.36 bits per heavy atom. The van der Waals surface area contributed by atoms with Gasteiger partial charge in [0.2, 0.25) is 0 Å². The van der Waals surface area contributed by atoms with Crippen LogP contribution in [0.3, 0.4) is 0 Å². The first-order chi connectivity index (χ1) is 13.7. The van der Waals surface area contributed by atoms with Gasteiger partial charge in [0.1, 0.15) is 5.82 Å². The van der Waals surface area contributed by atoms with Crippen molar-refractivity contribution in [2.45, 2.75) is 88.9 Å². The highest BCUT2D eigenvalue weighted by atomic mass is 15.2. The van der Waals surface area contributed by atoms with Crippen molar-refractivity contribution in [1.29, 1.82) is 0 Å². The molecule has 1 aromatic heterocycles. The van der Waals surface area contributed by atoms with Crippen molar-refractivity contribution in [2.24, 2.45) is 10.7 Å². The fourth-order valence-corrected chi connectivity index (χ4v) is 5.00. The lowest BCUT2D eigenvalue weighted by atomic mass is 9.83. The summed E-state index contributed by atoms with van der Waals surface area (Å²) in [6, 6.07) is 1.06. The fraction of sp³-hybridized carbons (Fsp3) is 0.727. The highest BCUT2D eigenvalue weighted by molar-refractivity contribution is 5.56. The third-order valence-electron chi connectivity index (χ3n) is 6.51. The van der Waals surface area contributed by atoms with Crippen LogP contribution in [0.4, 0.5) is 0 Å². The molecule has 0 amide bonds. The van der Waals surface area contributed by atoms with Gasteiger partial charge in [0.25, 0.3) is 0 Å². The van der Waals surface area contributed by atoms with E-state index < -0.39 is 0 Å². The van der Waals surface area contributed by atoms with E-state index in [0.717, 1.165) is 38.2 Å². The van der Waals surface area contributed by atoms with Crippen LogP contribution in [0.5, 0.6) is 0 Å². The van der Waals surface area contributed by atoms with E-state index in [9.17, 15) is 0 Å². The second kappa shape index (κ2) is 10.2. The number of nitrogens with one attached hydrogen (secondary N) is 1. The molecule has 3 rings (SSSR count). The fourth-order valence-electron chi connectivity index (χ4n) is 5.00. The lowest BCUT2D eigenvalue weighted by Gasteiger charge is -2.34. The Hall–Kier alpha value is -1.66. The Morgan fingerprint density at radius 3 is 2.75 bits per heavy atom. The van der Waals surface area contributed by atoms with Crippen molar-refractivity contribution in [3.05, 3.63) is 30.5 Å². The van der Waals surface area contributed by atoms with E-state index >= 15 is 0 Å².